The quantitative estimate of drug-likeness (QED) is 0.805. The summed E-state index contributed by atoms with van der Waals surface area (Å²) in [5.41, 5.74) is 1.27. The fourth-order valence-electron chi connectivity index (χ4n) is 2.46. The molecule has 1 aromatic rings. The Kier molecular flexibility index (Phi) is 5.75. The van der Waals surface area contributed by atoms with Crippen molar-refractivity contribution in [1.82, 2.24) is 5.32 Å². The smallest absolute Gasteiger partial charge is 0.335 e. The van der Waals surface area contributed by atoms with Crippen LogP contribution in [-0.2, 0) is 16.0 Å². The molecule has 1 amide bonds. The summed E-state index contributed by atoms with van der Waals surface area (Å²) in [6.45, 7) is 0.655. The first-order valence-electron chi connectivity index (χ1n) is 7.35. The van der Waals surface area contributed by atoms with Crippen LogP contribution in [0.4, 0.5) is 0 Å². The lowest BCUT2D eigenvalue weighted by atomic mass is 10.1. The maximum Gasteiger partial charge on any atom is 0.335 e. The summed E-state index contributed by atoms with van der Waals surface area (Å²) in [6.07, 6.45) is 5.43. The van der Waals surface area contributed by atoms with Crippen molar-refractivity contribution >= 4 is 11.9 Å². The van der Waals surface area contributed by atoms with Crippen LogP contribution in [0, 0.1) is 0 Å². The van der Waals surface area contributed by atoms with Crippen LogP contribution in [0.2, 0.25) is 0 Å². The zero-order valence-corrected chi connectivity index (χ0v) is 12.0. The maximum absolute atomic E-state index is 11.6. The van der Waals surface area contributed by atoms with E-state index in [0.29, 0.717) is 13.0 Å². The lowest BCUT2D eigenvalue weighted by Gasteiger charge is -2.11. The Labute approximate surface area is 124 Å². The summed E-state index contributed by atoms with van der Waals surface area (Å²) in [7, 11) is 0. The highest BCUT2D eigenvalue weighted by Crippen LogP contribution is 2.20. The van der Waals surface area contributed by atoms with E-state index < -0.39 is 5.97 Å². The van der Waals surface area contributed by atoms with Gasteiger partial charge in [-0.15, -0.1) is 0 Å². The number of carboxylic acids is 1. The maximum atomic E-state index is 11.6. The van der Waals surface area contributed by atoms with Crippen LogP contribution in [0.3, 0.4) is 0 Å². The third kappa shape index (κ3) is 5.19. The van der Waals surface area contributed by atoms with Gasteiger partial charge in [0.25, 0.3) is 0 Å². The number of rotatable bonds is 7. The molecule has 0 aromatic heterocycles. The highest BCUT2D eigenvalue weighted by Gasteiger charge is 2.16. The van der Waals surface area contributed by atoms with Gasteiger partial charge in [0.1, 0.15) is 6.61 Å². The summed E-state index contributed by atoms with van der Waals surface area (Å²) in [5, 5.41) is 11.6. The topological polar surface area (TPSA) is 75.6 Å². The predicted octanol–water partition coefficient (Wildman–Crippen LogP) is 2.00. The molecule has 0 aliphatic heterocycles. The number of ether oxygens (including phenoxy) is 1. The molecule has 5 nitrogen and oxygen atoms in total. The molecule has 21 heavy (non-hydrogen) atoms. The minimum atomic E-state index is -0.932. The van der Waals surface area contributed by atoms with E-state index in [1.54, 1.807) is 24.3 Å². The molecule has 0 unspecified atom stereocenters. The molecule has 1 aliphatic carbocycles. The van der Waals surface area contributed by atoms with Gasteiger partial charge in [0.15, 0.2) is 0 Å². The summed E-state index contributed by atoms with van der Waals surface area (Å²) in [4.78, 5) is 22.3. The largest absolute Gasteiger partial charge is 0.478 e. The molecule has 2 N–H and O–H groups in total. The number of aromatic carboxylic acids is 1. The van der Waals surface area contributed by atoms with Crippen molar-refractivity contribution in [2.75, 3.05) is 13.2 Å². The van der Waals surface area contributed by atoms with Gasteiger partial charge in [0.05, 0.1) is 11.7 Å². The van der Waals surface area contributed by atoms with E-state index in [4.69, 9.17) is 9.84 Å². The van der Waals surface area contributed by atoms with Gasteiger partial charge in [-0.05, 0) is 37.0 Å². The zero-order chi connectivity index (χ0) is 15.1. The molecule has 1 fully saturated rings. The molecule has 5 heteroatoms. The summed E-state index contributed by atoms with van der Waals surface area (Å²) < 4.78 is 5.53. The SMILES string of the molecule is O=C(COC1CCCC1)NCCc1ccc(C(=O)O)cc1. The Bertz CT molecular complexity index is 478. The Balaban J connectivity index is 1.63. The standard InChI is InChI=1S/C16H21NO4/c18-15(11-21-14-3-1-2-4-14)17-10-9-12-5-7-13(8-6-12)16(19)20/h5-8,14H,1-4,9-11H2,(H,17,18)(H,19,20). The Morgan fingerprint density at radius 1 is 1.19 bits per heavy atom. The van der Waals surface area contributed by atoms with Gasteiger partial charge in [-0.3, -0.25) is 4.79 Å². The number of hydrogen-bond donors (Lipinski definition) is 2. The van der Waals surface area contributed by atoms with Gasteiger partial charge in [0.2, 0.25) is 5.91 Å². The molecule has 0 spiro atoms. The first-order valence-corrected chi connectivity index (χ1v) is 7.35. The normalized spacial score (nSPS) is 15.0. The predicted molar refractivity (Wildman–Crippen MR) is 78.3 cm³/mol. The van der Waals surface area contributed by atoms with Crippen molar-refractivity contribution in [3.05, 3.63) is 35.4 Å². The van der Waals surface area contributed by atoms with Crippen LogP contribution >= 0.6 is 0 Å². The summed E-state index contributed by atoms with van der Waals surface area (Å²) in [5.74, 6) is -1.03. The molecule has 0 heterocycles. The number of carbonyl (C=O) groups is 2. The van der Waals surface area contributed by atoms with Gasteiger partial charge in [-0.2, -0.15) is 0 Å². The number of benzene rings is 1. The molecule has 114 valence electrons. The van der Waals surface area contributed by atoms with E-state index in [-0.39, 0.29) is 24.2 Å². The molecule has 0 saturated heterocycles. The van der Waals surface area contributed by atoms with Crippen molar-refractivity contribution in [3.8, 4) is 0 Å². The fourth-order valence-corrected chi connectivity index (χ4v) is 2.46. The Morgan fingerprint density at radius 2 is 1.86 bits per heavy atom. The molecule has 1 aromatic carbocycles. The molecule has 0 radical (unpaired) electrons. The third-order valence-electron chi connectivity index (χ3n) is 3.69. The number of amides is 1. The molecule has 1 aliphatic rings. The van der Waals surface area contributed by atoms with Crippen molar-refractivity contribution in [3.63, 3.8) is 0 Å². The number of carbonyl (C=O) groups excluding carboxylic acids is 1. The van der Waals surface area contributed by atoms with Crippen molar-refractivity contribution in [2.24, 2.45) is 0 Å². The van der Waals surface area contributed by atoms with Crippen LogP contribution in [0.5, 0.6) is 0 Å². The molecule has 2 rings (SSSR count). The van der Waals surface area contributed by atoms with Gasteiger partial charge in [-0.25, -0.2) is 4.79 Å². The van der Waals surface area contributed by atoms with E-state index in [1.165, 1.54) is 12.8 Å². The average Bonchev–Trinajstić information content (AvgIpc) is 2.99. The average molecular weight is 291 g/mol. The Hall–Kier alpha value is -1.88. The monoisotopic (exact) mass is 291 g/mol. The lowest BCUT2D eigenvalue weighted by Crippen LogP contribution is -2.30. The number of carboxylic acid groups (broad SMARTS) is 1. The van der Waals surface area contributed by atoms with Crippen LogP contribution in [-0.4, -0.2) is 36.2 Å². The van der Waals surface area contributed by atoms with E-state index in [0.717, 1.165) is 18.4 Å². The van der Waals surface area contributed by atoms with Crippen molar-refractivity contribution in [1.29, 1.82) is 0 Å². The molecule has 0 bridgehead atoms. The van der Waals surface area contributed by atoms with Gasteiger partial charge < -0.3 is 15.2 Å². The van der Waals surface area contributed by atoms with Crippen LogP contribution in [0.25, 0.3) is 0 Å². The fraction of sp³-hybridized carbons (Fsp3) is 0.500. The van der Waals surface area contributed by atoms with Crippen LogP contribution in [0.1, 0.15) is 41.6 Å². The second-order valence-electron chi connectivity index (χ2n) is 5.32. The van der Waals surface area contributed by atoms with Crippen LogP contribution in [0.15, 0.2) is 24.3 Å². The van der Waals surface area contributed by atoms with Crippen molar-refractivity contribution < 1.29 is 19.4 Å². The minimum Gasteiger partial charge on any atom is -0.478 e. The van der Waals surface area contributed by atoms with E-state index in [2.05, 4.69) is 5.32 Å². The lowest BCUT2D eigenvalue weighted by molar-refractivity contribution is -0.127. The zero-order valence-electron chi connectivity index (χ0n) is 12.0. The Morgan fingerprint density at radius 3 is 2.48 bits per heavy atom. The highest BCUT2D eigenvalue weighted by atomic mass is 16.5. The highest BCUT2D eigenvalue weighted by molar-refractivity contribution is 5.87. The summed E-state index contributed by atoms with van der Waals surface area (Å²) >= 11 is 0. The van der Waals surface area contributed by atoms with Crippen molar-refractivity contribution in [2.45, 2.75) is 38.2 Å². The number of hydrogen-bond acceptors (Lipinski definition) is 3. The van der Waals surface area contributed by atoms with Gasteiger partial charge in [-0.1, -0.05) is 25.0 Å². The van der Waals surface area contributed by atoms with Gasteiger partial charge >= 0.3 is 5.97 Å². The van der Waals surface area contributed by atoms with E-state index in [1.807, 2.05) is 0 Å². The third-order valence-corrected chi connectivity index (χ3v) is 3.69. The first kappa shape index (κ1) is 15.5. The van der Waals surface area contributed by atoms with Gasteiger partial charge in [0, 0.05) is 6.54 Å². The molecular weight excluding hydrogens is 270 g/mol. The molecule has 0 atom stereocenters. The summed E-state index contributed by atoms with van der Waals surface area (Å²) in [6, 6.07) is 6.68. The van der Waals surface area contributed by atoms with E-state index in [9.17, 15) is 9.59 Å². The first-order chi connectivity index (χ1) is 10.1. The van der Waals surface area contributed by atoms with E-state index >= 15 is 0 Å². The van der Waals surface area contributed by atoms with Crippen LogP contribution < -0.4 is 5.32 Å². The second-order valence-corrected chi connectivity index (χ2v) is 5.32. The second kappa shape index (κ2) is 7.78. The minimum absolute atomic E-state index is 0.0935. The number of nitrogens with one attached hydrogen (secondary N) is 1. The molecule has 1 saturated carbocycles. The molecular formula is C16H21NO4.